The Bertz CT molecular complexity index is 834. The molecule has 1 aromatic heterocycles. The monoisotopic (exact) mass is 365 g/mol. The van der Waals surface area contributed by atoms with E-state index in [1.165, 1.54) is 18.5 Å². The first-order valence-electron chi connectivity index (χ1n) is 8.19. The van der Waals surface area contributed by atoms with Gasteiger partial charge >= 0.3 is 0 Å². The Morgan fingerprint density at radius 1 is 1.24 bits per heavy atom. The molecular weight excluding hydrogens is 342 g/mol. The molecule has 3 rings (SSSR count). The summed E-state index contributed by atoms with van der Waals surface area (Å²) in [5, 5.41) is 0. The molecule has 1 aliphatic rings. The number of aryl methyl sites for hydroxylation is 1. The van der Waals surface area contributed by atoms with E-state index in [0.717, 1.165) is 18.7 Å². The molecule has 1 unspecified atom stereocenters. The van der Waals surface area contributed by atoms with Crippen molar-refractivity contribution < 1.29 is 17.9 Å². The van der Waals surface area contributed by atoms with Crippen LogP contribution in [0.4, 0.5) is 0 Å². The third-order valence-electron chi connectivity index (χ3n) is 4.59. The number of piperidine rings is 1. The minimum absolute atomic E-state index is 0.0824. The van der Waals surface area contributed by atoms with Crippen molar-refractivity contribution in [1.82, 2.24) is 14.3 Å². The zero-order chi connectivity index (χ0) is 18.0. The quantitative estimate of drug-likeness (QED) is 0.879. The molecule has 0 aliphatic carbocycles. The fourth-order valence-electron chi connectivity index (χ4n) is 3.26. The van der Waals surface area contributed by atoms with Gasteiger partial charge in [0, 0.05) is 37.5 Å². The van der Waals surface area contributed by atoms with Crippen molar-refractivity contribution in [3.05, 3.63) is 35.9 Å². The van der Waals surface area contributed by atoms with Crippen LogP contribution in [0.2, 0.25) is 0 Å². The second kappa shape index (κ2) is 7.05. The summed E-state index contributed by atoms with van der Waals surface area (Å²) in [6.45, 7) is 2.69. The van der Waals surface area contributed by atoms with Gasteiger partial charge < -0.3 is 14.5 Å². The molecule has 7 nitrogen and oxygen atoms in total. The fraction of sp³-hybridized carbons (Fsp3) is 0.471. The number of nitrogens with one attached hydrogen (secondary N) is 1. The van der Waals surface area contributed by atoms with Gasteiger partial charge in [0.15, 0.2) is 11.5 Å². The van der Waals surface area contributed by atoms with Crippen molar-refractivity contribution in [2.45, 2.75) is 30.6 Å². The Balaban J connectivity index is 1.93. The molecular formula is C17H23N3O4S. The van der Waals surface area contributed by atoms with Gasteiger partial charge in [0.05, 0.1) is 19.1 Å². The average molecular weight is 365 g/mol. The summed E-state index contributed by atoms with van der Waals surface area (Å²) in [4.78, 5) is 7.63. The predicted octanol–water partition coefficient (Wildman–Crippen LogP) is 2.30. The van der Waals surface area contributed by atoms with Gasteiger partial charge in [-0.15, -0.1) is 0 Å². The van der Waals surface area contributed by atoms with Gasteiger partial charge in [-0.3, -0.25) is 0 Å². The first-order chi connectivity index (χ1) is 12.0. The van der Waals surface area contributed by atoms with Crippen LogP contribution in [-0.2, 0) is 10.0 Å². The molecule has 136 valence electrons. The van der Waals surface area contributed by atoms with E-state index >= 15 is 0 Å². The van der Waals surface area contributed by atoms with E-state index in [2.05, 4.69) is 9.97 Å². The van der Waals surface area contributed by atoms with Crippen molar-refractivity contribution in [1.29, 1.82) is 0 Å². The summed E-state index contributed by atoms with van der Waals surface area (Å²) >= 11 is 0. The highest BCUT2D eigenvalue weighted by Crippen LogP contribution is 2.35. The second-order valence-electron chi connectivity index (χ2n) is 6.15. The number of imidazole rings is 1. The maximum atomic E-state index is 13.2. The molecule has 2 aromatic rings. The zero-order valence-corrected chi connectivity index (χ0v) is 15.5. The molecule has 0 bridgehead atoms. The summed E-state index contributed by atoms with van der Waals surface area (Å²) in [5.41, 5.74) is 0.637. The molecule has 1 atom stereocenters. The Morgan fingerprint density at radius 2 is 1.96 bits per heavy atom. The van der Waals surface area contributed by atoms with E-state index in [-0.39, 0.29) is 10.8 Å². The number of nitrogens with zero attached hydrogens (tertiary/aromatic N) is 2. The molecule has 1 saturated heterocycles. The van der Waals surface area contributed by atoms with E-state index in [4.69, 9.17) is 9.47 Å². The molecule has 1 aliphatic heterocycles. The fourth-order valence-corrected chi connectivity index (χ4v) is 5.01. The number of aromatic nitrogens is 2. The van der Waals surface area contributed by atoms with Crippen molar-refractivity contribution in [2.24, 2.45) is 0 Å². The number of H-pyrrole nitrogens is 1. The van der Waals surface area contributed by atoms with Crippen molar-refractivity contribution in [3.63, 3.8) is 0 Å². The topological polar surface area (TPSA) is 84.5 Å². The van der Waals surface area contributed by atoms with Crippen molar-refractivity contribution in [2.75, 3.05) is 27.3 Å². The molecule has 1 N–H and O–H groups in total. The standard InChI is InChI=1S/C17H23N3O4S/c1-12-9-14(23-2)15(24-3)10-16(12)25(21,22)20-8-4-5-13(11-20)17-18-6-7-19-17/h6-7,9-10,13H,4-5,8,11H2,1-3H3,(H,18,19). The van der Waals surface area contributed by atoms with Crippen LogP contribution in [0.3, 0.4) is 0 Å². The van der Waals surface area contributed by atoms with E-state index in [1.54, 1.807) is 31.5 Å². The lowest BCUT2D eigenvalue weighted by Gasteiger charge is -2.31. The first-order valence-corrected chi connectivity index (χ1v) is 9.63. The largest absolute Gasteiger partial charge is 0.493 e. The van der Waals surface area contributed by atoms with Gasteiger partial charge in [0.2, 0.25) is 10.0 Å². The lowest BCUT2D eigenvalue weighted by molar-refractivity contribution is 0.309. The SMILES string of the molecule is COc1cc(C)c(S(=O)(=O)N2CCCC(c3ncc[nH]3)C2)cc1OC. The third kappa shape index (κ3) is 3.36. The molecule has 1 aromatic carbocycles. The number of hydrogen-bond donors (Lipinski definition) is 1. The van der Waals surface area contributed by atoms with Crippen LogP contribution >= 0.6 is 0 Å². The molecule has 8 heteroatoms. The number of sulfonamides is 1. The molecule has 0 amide bonds. The Labute approximate surface area is 148 Å². The van der Waals surface area contributed by atoms with E-state index in [0.29, 0.717) is 30.2 Å². The number of methoxy groups -OCH3 is 2. The van der Waals surface area contributed by atoms with Gasteiger partial charge in [-0.05, 0) is 31.4 Å². The highest BCUT2D eigenvalue weighted by Gasteiger charge is 2.33. The summed E-state index contributed by atoms with van der Waals surface area (Å²) in [6.07, 6.45) is 5.18. The van der Waals surface area contributed by atoms with Crippen LogP contribution < -0.4 is 9.47 Å². The highest BCUT2D eigenvalue weighted by molar-refractivity contribution is 7.89. The Hall–Kier alpha value is -2.06. The zero-order valence-electron chi connectivity index (χ0n) is 14.7. The Kier molecular flexibility index (Phi) is 5.01. The minimum atomic E-state index is -3.62. The van der Waals surface area contributed by atoms with Crippen LogP contribution in [0.15, 0.2) is 29.4 Å². The summed E-state index contributed by atoms with van der Waals surface area (Å²) in [5.74, 6) is 1.85. The summed E-state index contributed by atoms with van der Waals surface area (Å²) in [7, 11) is -0.589. The number of ether oxygens (including phenoxy) is 2. The smallest absolute Gasteiger partial charge is 0.243 e. The maximum Gasteiger partial charge on any atom is 0.243 e. The second-order valence-corrected chi connectivity index (χ2v) is 8.06. The summed E-state index contributed by atoms with van der Waals surface area (Å²) < 4.78 is 38.4. The van der Waals surface area contributed by atoms with E-state index in [1.807, 2.05) is 0 Å². The number of rotatable bonds is 5. The molecule has 0 spiro atoms. The van der Waals surface area contributed by atoms with Crippen LogP contribution in [0.25, 0.3) is 0 Å². The van der Waals surface area contributed by atoms with Crippen molar-refractivity contribution >= 4 is 10.0 Å². The third-order valence-corrected chi connectivity index (χ3v) is 6.60. The average Bonchev–Trinajstić information content (AvgIpc) is 3.16. The lowest BCUT2D eigenvalue weighted by Crippen LogP contribution is -2.39. The number of aromatic amines is 1. The normalized spacial score (nSPS) is 18.9. The van der Waals surface area contributed by atoms with E-state index < -0.39 is 10.0 Å². The summed E-state index contributed by atoms with van der Waals surface area (Å²) in [6, 6.07) is 3.24. The van der Waals surface area contributed by atoms with Gasteiger partial charge in [-0.2, -0.15) is 4.31 Å². The molecule has 0 radical (unpaired) electrons. The minimum Gasteiger partial charge on any atom is -0.493 e. The van der Waals surface area contributed by atoms with Crippen LogP contribution in [0, 0.1) is 6.92 Å². The van der Waals surface area contributed by atoms with Crippen molar-refractivity contribution in [3.8, 4) is 11.5 Å². The van der Waals surface area contributed by atoms with Gasteiger partial charge in [-0.1, -0.05) is 0 Å². The van der Waals surface area contributed by atoms with Crippen LogP contribution in [-0.4, -0.2) is 50.0 Å². The molecule has 1 fully saturated rings. The Morgan fingerprint density at radius 3 is 2.60 bits per heavy atom. The highest BCUT2D eigenvalue weighted by atomic mass is 32.2. The van der Waals surface area contributed by atoms with Gasteiger partial charge in [-0.25, -0.2) is 13.4 Å². The van der Waals surface area contributed by atoms with Gasteiger partial charge in [0.1, 0.15) is 5.82 Å². The lowest BCUT2D eigenvalue weighted by atomic mass is 9.99. The molecule has 2 heterocycles. The van der Waals surface area contributed by atoms with Crippen LogP contribution in [0.1, 0.15) is 30.1 Å². The first kappa shape index (κ1) is 17.8. The maximum absolute atomic E-state index is 13.2. The molecule has 25 heavy (non-hydrogen) atoms. The predicted molar refractivity (Wildman–Crippen MR) is 93.6 cm³/mol. The van der Waals surface area contributed by atoms with Crippen LogP contribution in [0.5, 0.6) is 11.5 Å². The number of benzene rings is 1. The molecule has 0 saturated carbocycles. The van der Waals surface area contributed by atoms with Gasteiger partial charge in [0.25, 0.3) is 0 Å². The van der Waals surface area contributed by atoms with E-state index in [9.17, 15) is 8.42 Å². The number of hydrogen-bond acceptors (Lipinski definition) is 5.